The third kappa shape index (κ3) is 3.81. The molecule has 0 aliphatic carbocycles. The maximum Gasteiger partial charge on any atom is 0.434 e. The van der Waals surface area contributed by atoms with Gasteiger partial charge in [-0.05, 0) is 12.1 Å². The molecule has 0 saturated heterocycles. The highest BCUT2D eigenvalue weighted by atomic mass is 19.4. The van der Waals surface area contributed by atoms with Crippen molar-refractivity contribution >= 4 is 22.8 Å². The quantitative estimate of drug-likeness (QED) is 0.823. The molecule has 0 radical (unpaired) electrons. The van der Waals surface area contributed by atoms with E-state index in [2.05, 4.69) is 9.97 Å². The van der Waals surface area contributed by atoms with Crippen LogP contribution in [0.1, 0.15) is 16.1 Å². The van der Waals surface area contributed by atoms with Crippen LogP contribution >= 0.6 is 0 Å². The van der Waals surface area contributed by atoms with Gasteiger partial charge < -0.3 is 10.4 Å². The summed E-state index contributed by atoms with van der Waals surface area (Å²) in [5.41, 5.74) is -3.77. The van der Waals surface area contributed by atoms with Crippen molar-refractivity contribution in [2.24, 2.45) is 0 Å². The number of pyridine rings is 2. The number of fused-ring (bicyclic) bond motifs is 1. The predicted octanol–water partition coefficient (Wildman–Crippen LogP) is 3.46. The van der Waals surface area contributed by atoms with Crippen molar-refractivity contribution in [3.63, 3.8) is 0 Å². The molecule has 0 spiro atoms. The summed E-state index contributed by atoms with van der Waals surface area (Å²) in [6, 6.07) is 1.04. The summed E-state index contributed by atoms with van der Waals surface area (Å²) < 4.78 is 88.5. The second kappa shape index (κ2) is 5.76. The number of anilines is 1. The summed E-state index contributed by atoms with van der Waals surface area (Å²) in [6.07, 6.45) is -9.85. The molecule has 5 nitrogen and oxygen atoms in total. The summed E-state index contributed by atoms with van der Waals surface area (Å²) in [7, 11) is 0. The lowest BCUT2D eigenvalue weighted by atomic mass is 10.1. The van der Waals surface area contributed by atoms with Crippen LogP contribution in [0, 0.1) is 5.82 Å². The molecule has 0 aliphatic heterocycles. The second-order valence-corrected chi connectivity index (χ2v) is 4.52. The Bertz CT molecular complexity index is 802. The zero-order valence-electron chi connectivity index (χ0n) is 11.3. The average Bonchev–Trinajstić information content (AvgIpc) is 2.41. The number of carboxylic acids is 1. The number of aromatic nitrogens is 2. The zero-order valence-corrected chi connectivity index (χ0v) is 11.3. The van der Waals surface area contributed by atoms with E-state index in [4.69, 9.17) is 5.11 Å². The van der Waals surface area contributed by atoms with Crippen molar-refractivity contribution in [2.45, 2.75) is 12.4 Å². The highest BCUT2D eigenvalue weighted by molar-refractivity contribution is 5.93. The van der Waals surface area contributed by atoms with Gasteiger partial charge >= 0.3 is 18.3 Å². The Balaban J connectivity index is 2.59. The molecule has 0 aliphatic rings. The molecular weight excluding hydrogens is 351 g/mol. The molecule has 2 aromatic heterocycles. The molecule has 2 rings (SSSR count). The number of alkyl halides is 6. The lowest BCUT2D eigenvalue weighted by molar-refractivity contribution is -0.141. The van der Waals surface area contributed by atoms with Gasteiger partial charge in [-0.25, -0.2) is 19.2 Å². The smallest absolute Gasteiger partial charge is 0.434 e. The molecule has 0 unspecified atom stereocenters. The SMILES string of the molecule is O=C(O)c1cc2cc(F)c(NCC(F)(F)F)nc2nc1C(F)(F)F. The van der Waals surface area contributed by atoms with Gasteiger partial charge in [0.05, 0.1) is 5.56 Å². The number of nitrogens with zero attached hydrogens (tertiary/aromatic N) is 2. The Morgan fingerprint density at radius 2 is 1.75 bits per heavy atom. The van der Waals surface area contributed by atoms with E-state index in [1.165, 1.54) is 0 Å². The minimum absolute atomic E-state index is 0.407. The van der Waals surface area contributed by atoms with E-state index in [1.54, 1.807) is 5.32 Å². The van der Waals surface area contributed by atoms with Crippen molar-refractivity contribution in [1.29, 1.82) is 0 Å². The molecule has 0 atom stereocenters. The Labute approximate surface area is 128 Å². The average molecular weight is 357 g/mol. The highest BCUT2D eigenvalue weighted by Crippen LogP contribution is 2.32. The van der Waals surface area contributed by atoms with Crippen molar-refractivity contribution in [2.75, 3.05) is 11.9 Å². The first-order chi connectivity index (χ1) is 10.9. The third-order valence-electron chi connectivity index (χ3n) is 2.71. The lowest BCUT2D eigenvalue weighted by Crippen LogP contribution is -2.22. The normalized spacial score (nSPS) is 12.5. The Kier molecular flexibility index (Phi) is 4.25. The molecule has 0 bridgehead atoms. The maximum absolute atomic E-state index is 13.7. The van der Waals surface area contributed by atoms with Crippen LogP contribution in [0.5, 0.6) is 0 Å². The minimum Gasteiger partial charge on any atom is -0.478 e. The van der Waals surface area contributed by atoms with Gasteiger partial charge in [0.15, 0.2) is 23.0 Å². The van der Waals surface area contributed by atoms with Gasteiger partial charge in [-0.3, -0.25) is 0 Å². The minimum atomic E-state index is -5.14. The Morgan fingerprint density at radius 3 is 2.25 bits per heavy atom. The molecule has 0 fully saturated rings. The van der Waals surface area contributed by atoms with Crippen LogP contribution in [0.3, 0.4) is 0 Å². The molecule has 0 saturated carbocycles. The zero-order chi connectivity index (χ0) is 18.3. The van der Waals surface area contributed by atoms with Gasteiger partial charge in [-0.1, -0.05) is 0 Å². The van der Waals surface area contributed by atoms with E-state index in [0.717, 1.165) is 0 Å². The molecule has 12 heteroatoms. The van der Waals surface area contributed by atoms with Crippen LogP contribution in [-0.4, -0.2) is 33.8 Å². The molecule has 2 aromatic rings. The fourth-order valence-corrected chi connectivity index (χ4v) is 1.77. The molecule has 0 amide bonds. The van der Waals surface area contributed by atoms with Crippen molar-refractivity contribution in [3.8, 4) is 0 Å². The van der Waals surface area contributed by atoms with Crippen LogP contribution in [-0.2, 0) is 6.18 Å². The van der Waals surface area contributed by atoms with Crippen LogP contribution < -0.4 is 5.32 Å². The molecule has 24 heavy (non-hydrogen) atoms. The monoisotopic (exact) mass is 357 g/mol. The van der Waals surface area contributed by atoms with Gasteiger partial charge in [0, 0.05) is 5.39 Å². The summed E-state index contributed by atoms with van der Waals surface area (Å²) in [5, 5.41) is 9.98. The van der Waals surface area contributed by atoms with Gasteiger partial charge in [-0.15, -0.1) is 0 Å². The first-order valence-electron chi connectivity index (χ1n) is 6.01. The number of halogens is 7. The van der Waals surface area contributed by atoms with Crippen molar-refractivity contribution in [3.05, 3.63) is 29.2 Å². The van der Waals surface area contributed by atoms with Crippen LogP contribution in [0.2, 0.25) is 0 Å². The number of hydrogen-bond donors (Lipinski definition) is 2. The van der Waals surface area contributed by atoms with Gasteiger partial charge in [0.25, 0.3) is 0 Å². The van der Waals surface area contributed by atoms with Crippen LogP contribution in [0.25, 0.3) is 11.0 Å². The van der Waals surface area contributed by atoms with Gasteiger partial charge in [-0.2, -0.15) is 26.3 Å². The standard InChI is InChI=1S/C12H6F7N3O2/c13-6-2-4-1-5(10(23)24)7(12(17,18)19)21-8(4)22-9(6)20-3-11(14,15)16/h1-2H,3H2,(H,23,24)(H,20,21,22). The maximum atomic E-state index is 13.7. The van der Waals surface area contributed by atoms with E-state index in [0.29, 0.717) is 12.1 Å². The largest absolute Gasteiger partial charge is 0.478 e. The number of carboxylic acid groups (broad SMARTS) is 1. The highest BCUT2D eigenvalue weighted by Gasteiger charge is 2.38. The van der Waals surface area contributed by atoms with Crippen LogP contribution in [0.4, 0.5) is 36.6 Å². The Hall–Kier alpha value is -2.66. The Morgan fingerprint density at radius 1 is 1.12 bits per heavy atom. The van der Waals surface area contributed by atoms with E-state index in [9.17, 15) is 35.5 Å². The van der Waals surface area contributed by atoms with E-state index in [-0.39, 0.29) is 0 Å². The number of carbonyl (C=O) groups is 1. The fourth-order valence-electron chi connectivity index (χ4n) is 1.77. The topological polar surface area (TPSA) is 75.1 Å². The predicted molar refractivity (Wildman–Crippen MR) is 66.0 cm³/mol. The summed E-state index contributed by atoms with van der Waals surface area (Å²) in [5.74, 6) is -4.20. The molecule has 2 heterocycles. The molecule has 0 aromatic carbocycles. The second-order valence-electron chi connectivity index (χ2n) is 4.52. The first-order valence-corrected chi connectivity index (χ1v) is 6.01. The molecule has 130 valence electrons. The summed E-state index contributed by atoms with van der Waals surface area (Å²) >= 11 is 0. The van der Waals surface area contributed by atoms with E-state index in [1.807, 2.05) is 0 Å². The van der Waals surface area contributed by atoms with Gasteiger partial charge in [0.1, 0.15) is 6.54 Å². The molecular formula is C12H6F7N3O2. The lowest BCUT2D eigenvalue weighted by Gasteiger charge is -2.12. The van der Waals surface area contributed by atoms with Gasteiger partial charge in [0.2, 0.25) is 0 Å². The van der Waals surface area contributed by atoms with E-state index < -0.39 is 58.8 Å². The number of rotatable bonds is 3. The number of aromatic carboxylic acids is 1. The van der Waals surface area contributed by atoms with E-state index >= 15 is 0 Å². The fraction of sp³-hybridized carbons (Fsp3) is 0.250. The van der Waals surface area contributed by atoms with Crippen molar-refractivity contribution in [1.82, 2.24) is 9.97 Å². The van der Waals surface area contributed by atoms with Crippen LogP contribution in [0.15, 0.2) is 12.1 Å². The molecule has 2 N–H and O–H groups in total. The van der Waals surface area contributed by atoms with Crippen molar-refractivity contribution < 1.29 is 40.6 Å². The summed E-state index contributed by atoms with van der Waals surface area (Å²) in [6.45, 7) is -1.66. The summed E-state index contributed by atoms with van der Waals surface area (Å²) in [4.78, 5) is 17.2. The number of hydrogen-bond acceptors (Lipinski definition) is 4. The number of nitrogens with one attached hydrogen (secondary N) is 1. The first kappa shape index (κ1) is 17.7. The third-order valence-corrected chi connectivity index (χ3v) is 2.71.